The first-order valence-electron chi connectivity index (χ1n) is 8.82. The van der Waals surface area contributed by atoms with Crippen LogP contribution in [0.1, 0.15) is 6.92 Å². The molecule has 2 aliphatic heterocycles. The predicted molar refractivity (Wildman–Crippen MR) is 124 cm³/mol. The number of fused-ring (bicyclic) bond motifs is 1. The number of para-hydroxylation sites is 1. The van der Waals surface area contributed by atoms with Gasteiger partial charge in [0.1, 0.15) is 29.8 Å². The minimum absolute atomic E-state index is 0.219. The normalized spacial score (nSPS) is 27.8. The number of amides is 2. The number of rotatable bonds is 7. The third-order valence-corrected chi connectivity index (χ3v) is 8.70. The highest BCUT2D eigenvalue weighted by atomic mass is 127. The summed E-state index contributed by atoms with van der Waals surface area (Å²) in [7, 11) is 0. The van der Waals surface area contributed by atoms with Crippen LogP contribution in [0.4, 0.5) is 0 Å². The molecule has 30 heavy (non-hydrogen) atoms. The fourth-order valence-corrected chi connectivity index (χ4v) is 5.97. The standard InChI is InChI=1S/C18H18Cl3IN2O5S/c1-17(8-22)13(16(27)29-9-18(19,20)21)24-14(26)12(15(24)30-17)23-11(25)7-28-10-5-3-2-4-6-10/h2-6,12-13,15H,7-9H2,1H3,(H,23,25)/t12?,13?,15-,17?/m1/s1. The summed E-state index contributed by atoms with van der Waals surface area (Å²) in [5.74, 6) is -0.861. The average Bonchev–Trinajstić information content (AvgIpc) is 2.99. The number of nitrogens with one attached hydrogen (secondary N) is 1. The number of benzene rings is 1. The van der Waals surface area contributed by atoms with Crippen LogP contribution in [-0.2, 0) is 19.1 Å². The predicted octanol–water partition coefficient (Wildman–Crippen LogP) is 2.94. The lowest BCUT2D eigenvalue weighted by Gasteiger charge is -2.44. The third kappa shape index (κ3) is 5.23. The van der Waals surface area contributed by atoms with Gasteiger partial charge in [0.25, 0.3) is 5.91 Å². The molecular formula is C18H18Cl3IN2O5S. The fraction of sp³-hybridized carbons (Fsp3) is 0.500. The summed E-state index contributed by atoms with van der Waals surface area (Å²) in [6.45, 7) is 1.23. The van der Waals surface area contributed by atoms with Gasteiger partial charge in [-0.25, -0.2) is 4.79 Å². The molecule has 4 atom stereocenters. The number of ether oxygens (including phenoxy) is 2. The molecule has 1 aromatic rings. The van der Waals surface area contributed by atoms with Crippen LogP contribution in [-0.4, -0.2) is 66.3 Å². The number of nitrogens with zero attached hydrogens (tertiary/aromatic N) is 1. The number of hydrogen-bond acceptors (Lipinski definition) is 6. The Bertz CT molecular complexity index is 828. The van der Waals surface area contributed by atoms with E-state index in [4.69, 9.17) is 44.3 Å². The van der Waals surface area contributed by atoms with Gasteiger partial charge < -0.3 is 19.7 Å². The van der Waals surface area contributed by atoms with Crippen molar-refractivity contribution >= 4 is 86.9 Å². The van der Waals surface area contributed by atoms with Crippen molar-refractivity contribution in [1.82, 2.24) is 10.2 Å². The van der Waals surface area contributed by atoms with Crippen LogP contribution >= 0.6 is 69.2 Å². The molecule has 2 aliphatic rings. The topological polar surface area (TPSA) is 84.9 Å². The Hall–Kier alpha value is -0.620. The first-order chi connectivity index (χ1) is 14.1. The second-order valence-electron chi connectivity index (χ2n) is 6.97. The number of halogens is 4. The summed E-state index contributed by atoms with van der Waals surface area (Å²) in [6.07, 6.45) is 0. The van der Waals surface area contributed by atoms with Gasteiger partial charge >= 0.3 is 5.97 Å². The van der Waals surface area contributed by atoms with Crippen LogP contribution in [0.5, 0.6) is 5.75 Å². The van der Waals surface area contributed by atoms with Gasteiger partial charge in [-0.2, -0.15) is 0 Å². The van der Waals surface area contributed by atoms with Gasteiger partial charge in [-0.05, 0) is 19.1 Å². The summed E-state index contributed by atoms with van der Waals surface area (Å²) in [6, 6.07) is 7.31. The van der Waals surface area contributed by atoms with Crippen LogP contribution in [0.15, 0.2) is 30.3 Å². The molecule has 3 rings (SSSR count). The molecule has 1 N–H and O–H groups in total. The van der Waals surface area contributed by atoms with Crippen molar-refractivity contribution in [2.45, 2.75) is 32.9 Å². The largest absolute Gasteiger partial charge is 0.484 e. The van der Waals surface area contributed by atoms with Crippen molar-refractivity contribution in [2.75, 3.05) is 17.6 Å². The Balaban J connectivity index is 1.62. The van der Waals surface area contributed by atoms with E-state index < -0.39 is 39.1 Å². The van der Waals surface area contributed by atoms with Gasteiger partial charge in [-0.15, -0.1) is 11.8 Å². The van der Waals surface area contributed by atoms with E-state index >= 15 is 0 Å². The molecule has 0 aromatic heterocycles. The van der Waals surface area contributed by atoms with E-state index in [0.717, 1.165) is 0 Å². The second kappa shape index (κ2) is 9.48. The van der Waals surface area contributed by atoms with E-state index in [1.807, 2.05) is 13.0 Å². The van der Waals surface area contributed by atoms with Gasteiger partial charge in [0.2, 0.25) is 9.70 Å². The van der Waals surface area contributed by atoms with Crippen molar-refractivity contribution in [3.05, 3.63) is 30.3 Å². The number of carbonyl (C=O) groups is 3. The van der Waals surface area contributed by atoms with Gasteiger partial charge in [-0.1, -0.05) is 75.6 Å². The SMILES string of the molecule is CC1(CI)S[C@@H]2C(NC(=O)COc3ccccc3)C(=O)N2C1C(=O)OCC(Cl)(Cl)Cl. The number of hydrogen-bond donors (Lipinski definition) is 1. The van der Waals surface area contributed by atoms with Gasteiger partial charge in [-0.3, -0.25) is 9.59 Å². The number of carbonyl (C=O) groups excluding carboxylic acids is 3. The Morgan fingerprint density at radius 1 is 1.30 bits per heavy atom. The highest BCUT2D eigenvalue weighted by molar-refractivity contribution is 14.1. The van der Waals surface area contributed by atoms with Crippen LogP contribution in [0.3, 0.4) is 0 Å². The Kier molecular flexibility index (Phi) is 7.59. The minimum Gasteiger partial charge on any atom is -0.484 e. The molecule has 0 aliphatic carbocycles. The Morgan fingerprint density at radius 3 is 2.57 bits per heavy atom. The van der Waals surface area contributed by atoms with Gasteiger partial charge in [0, 0.05) is 4.43 Å². The molecular weight excluding hydrogens is 590 g/mol. The molecule has 164 valence electrons. The van der Waals surface area contributed by atoms with E-state index in [1.165, 1.54) is 16.7 Å². The molecule has 12 heteroatoms. The maximum absolute atomic E-state index is 12.7. The van der Waals surface area contributed by atoms with Crippen molar-refractivity contribution in [1.29, 1.82) is 0 Å². The molecule has 2 saturated heterocycles. The maximum atomic E-state index is 12.7. The van der Waals surface area contributed by atoms with Crippen LogP contribution in [0, 0.1) is 0 Å². The Labute approximate surface area is 206 Å². The zero-order valence-corrected chi connectivity index (χ0v) is 20.9. The maximum Gasteiger partial charge on any atom is 0.330 e. The number of β-lactam (4-membered cyclic amide) rings is 1. The highest BCUT2D eigenvalue weighted by Crippen LogP contribution is 2.52. The van der Waals surface area contributed by atoms with Crippen LogP contribution in [0.2, 0.25) is 0 Å². The quantitative estimate of drug-likeness (QED) is 0.222. The first kappa shape index (κ1) is 24.0. The molecule has 0 radical (unpaired) electrons. The van der Waals surface area contributed by atoms with Gasteiger partial charge in [0.05, 0.1) is 4.75 Å². The van der Waals surface area contributed by atoms with Crippen molar-refractivity contribution in [2.24, 2.45) is 0 Å². The van der Waals surface area contributed by atoms with Gasteiger partial charge in [0.15, 0.2) is 6.61 Å². The van der Waals surface area contributed by atoms with E-state index in [0.29, 0.717) is 10.2 Å². The molecule has 3 unspecified atom stereocenters. The number of thioether (sulfide) groups is 1. The smallest absolute Gasteiger partial charge is 0.330 e. The van der Waals surface area contributed by atoms with Crippen molar-refractivity contribution in [3.8, 4) is 5.75 Å². The molecule has 7 nitrogen and oxygen atoms in total. The van der Waals surface area contributed by atoms with E-state index in [-0.39, 0.29) is 17.9 Å². The molecule has 0 saturated carbocycles. The van der Waals surface area contributed by atoms with Crippen LogP contribution in [0.25, 0.3) is 0 Å². The average molecular weight is 608 g/mol. The molecule has 2 fully saturated rings. The first-order valence-corrected chi connectivity index (χ1v) is 12.4. The fourth-order valence-electron chi connectivity index (χ4n) is 3.23. The number of esters is 1. The third-order valence-electron chi connectivity index (χ3n) is 4.62. The van der Waals surface area contributed by atoms with E-state index in [9.17, 15) is 14.4 Å². The Morgan fingerprint density at radius 2 is 1.97 bits per heavy atom. The molecule has 2 heterocycles. The van der Waals surface area contributed by atoms with Crippen LogP contribution < -0.4 is 10.1 Å². The van der Waals surface area contributed by atoms with E-state index in [1.54, 1.807) is 24.3 Å². The zero-order valence-electron chi connectivity index (χ0n) is 15.6. The molecule has 1 aromatic carbocycles. The lowest BCUT2D eigenvalue weighted by molar-refractivity contribution is -0.164. The van der Waals surface area contributed by atoms with Crippen molar-refractivity contribution in [3.63, 3.8) is 0 Å². The molecule has 2 amide bonds. The highest BCUT2D eigenvalue weighted by Gasteiger charge is 2.65. The minimum atomic E-state index is -1.74. The lowest BCUT2D eigenvalue weighted by Crippen LogP contribution is -2.71. The molecule has 0 spiro atoms. The summed E-state index contributed by atoms with van der Waals surface area (Å²) in [5, 5.41) is 2.31. The summed E-state index contributed by atoms with van der Waals surface area (Å²) in [5.41, 5.74) is 0. The number of alkyl halides is 4. The summed E-state index contributed by atoms with van der Waals surface area (Å²) in [4.78, 5) is 39.1. The van der Waals surface area contributed by atoms with Crippen molar-refractivity contribution < 1.29 is 23.9 Å². The van der Waals surface area contributed by atoms with E-state index in [2.05, 4.69) is 27.9 Å². The molecule has 0 bridgehead atoms. The summed E-state index contributed by atoms with van der Waals surface area (Å²) >= 11 is 20.6. The summed E-state index contributed by atoms with van der Waals surface area (Å²) < 4.78 is 8.78. The lowest BCUT2D eigenvalue weighted by atomic mass is 9.96. The zero-order chi connectivity index (χ0) is 22.1. The second-order valence-corrected chi connectivity index (χ2v) is 11.9. The monoisotopic (exact) mass is 606 g/mol.